The largest absolute Gasteiger partial charge is 0.325 e. The Morgan fingerprint density at radius 1 is 1.24 bits per heavy atom. The molecule has 0 unspecified atom stereocenters. The summed E-state index contributed by atoms with van der Waals surface area (Å²) in [5.41, 5.74) is 1.42. The van der Waals surface area contributed by atoms with E-state index in [4.69, 9.17) is 11.6 Å². The van der Waals surface area contributed by atoms with Gasteiger partial charge in [0.05, 0.1) is 5.75 Å². The van der Waals surface area contributed by atoms with Crippen molar-refractivity contribution in [2.75, 3.05) is 11.1 Å². The summed E-state index contributed by atoms with van der Waals surface area (Å²) in [4.78, 5) is 12.4. The number of amides is 1. The molecule has 0 radical (unpaired) electrons. The van der Waals surface area contributed by atoms with Crippen molar-refractivity contribution in [3.63, 3.8) is 0 Å². The highest BCUT2D eigenvalue weighted by Gasteiger charge is 2.09. The van der Waals surface area contributed by atoms with E-state index in [1.807, 2.05) is 0 Å². The monoisotopic (exact) mass is 327 g/mol. The first-order valence-electron chi connectivity index (χ1n) is 6.10. The lowest BCUT2D eigenvalue weighted by molar-refractivity contribution is -0.113. The Hall–Kier alpha value is -1.59. The number of benzene rings is 2. The van der Waals surface area contributed by atoms with Crippen molar-refractivity contribution in [2.24, 2.45) is 0 Å². The fourth-order valence-corrected chi connectivity index (χ4v) is 2.54. The number of hydrogen-bond donors (Lipinski definition) is 1. The molecule has 110 valence electrons. The maximum absolute atomic E-state index is 13.0. The van der Waals surface area contributed by atoms with Gasteiger partial charge in [-0.2, -0.15) is 0 Å². The van der Waals surface area contributed by atoms with Crippen molar-refractivity contribution < 1.29 is 13.6 Å². The van der Waals surface area contributed by atoms with Crippen LogP contribution in [0.4, 0.5) is 14.5 Å². The quantitative estimate of drug-likeness (QED) is 0.828. The number of halogens is 3. The molecule has 6 heteroatoms. The first-order chi connectivity index (χ1) is 9.97. The van der Waals surface area contributed by atoms with Gasteiger partial charge in [-0.1, -0.05) is 17.7 Å². The van der Waals surface area contributed by atoms with Crippen molar-refractivity contribution in [1.82, 2.24) is 0 Å². The molecule has 1 N–H and O–H groups in total. The van der Waals surface area contributed by atoms with Crippen LogP contribution in [-0.2, 0) is 4.79 Å². The van der Waals surface area contributed by atoms with E-state index >= 15 is 0 Å². The normalized spacial score (nSPS) is 10.5. The number of carbonyl (C=O) groups excluding carboxylic acids is 1. The van der Waals surface area contributed by atoms with Crippen LogP contribution in [0.25, 0.3) is 0 Å². The molecule has 21 heavy (non-hydrogen) atoms. The molecule has 2 rings (SSSR count). The van der Waals surface area contributed by atoms with Gasteiger partial charge in [0.15, 0.2) is 11.6 Å². The maximum Gasteiger partial charge on any atom is 0.234 e. The van der Waals surface area contributed by atoms with Gasteiger partial charge in [-0.25, -0.2) is 8.78 Å². The van der Waals surface area contributed by atoms with Gasteiger partial charge in [0.25, 0.3) is 0 Å². The van der Waals surface area contributed by atoms with Crippen molar-refractivity contribution in [1.29, 1.82) is 0 Å². The lowest BCUT2D eigenvalue weighted by Gasteiger charge is -2.09. The summed E-state index contributed by atoms with van der Waals surface area (Å²) in [5.74, 6) is -1.98. The molecule has 0 atom stereocenters. The predicted molar refractivity (Wildman–Crippen MR) is 81.9 cm³/mol. The van der Waals surface area contributed by atoms with Gasteiger partial charge in [-0.3, -0.25) is 4.79 Å². The van der Waals surface area contributed by atoms with E-state index in [1.54, 1.807) is 25.1 Å². The fraction of sp³-hybridized carbons (Fsp3) is 0.133. The summed E-state index contributed by atoms with van der Waals surface area (Å²) in [7, 11) is 0. The SMILES string of the molecule is Cc1c(Cl)cccc1NC(=O)CSc1ccc(F)c(F)c1. The highest BCUT2D eigenvalue weighted by molar-refractivity contribution is 8.00. The summed E-state index contributed by atoms with van der Waals surface area (Å²) >= 11 is 7.10. The van der Waals surface area contributed by atoms with Gasteiger partial charge in [0.1, 0.15) is 0 Å². The molecule has 0 fully saturated rings. The lowest BCUT2D eigenvalue weighted by atomic mass is 10.2. The molecule has 0 bridgehead atoms. The number of carbonyl (C=O) groups is 1. The van der Waals surface area contributed by atoms with Crippen LogP contribution >= 0.6 is 23.4 Å². The molecule has 2 nitrogen and oxygen atoms in total. The highest BCUT2D eigenvalue weighted by Crippen LogP contribution is 2.24. The zero-order chi connectivity index (χ0) is 15.4. The third kappa shape index (κ3) is 4.19. The molecule has 0 aromatic heterocycles. The Balaban J connectivity index is 1.96. The van der Waals surface area contributed by atoms with Gasteiger partial charge in [0.2, 0.25) is 5.91 Å². The van der Waals surface area contributed by atoms with Crippen molar-refractivity contribution in [3.05, 3.63) is 58.6 Å². The molecular formula is C15H12ClF2NOS. The molecule has 0 aliphatic carbocycles. The number of anilines is 1. The van der Waals surface area contributed by atoms with E-state index in [9.17, 15) is 13.6 Å². The predicted octanol–water partition coefficient (Wildman–Crippen LogP) is 4.66. The van der Waals surface area contributed by atoms with E-state index in [-0.39, 0.29) is 11.7 Å². The third-order valence-electron chi connectivity index (χ3n) is 2.80. The van der Waals surface area contributed by atoms with Gasteiger partial charge in [-0.15, -0.1) is 11.8 Å². The Bertz CT molecular complexity index is 679. The zero-order valence-corrected chi connectivity index (χ0v) is 12.7. The Morgan fingerprint density at radius 2 is 2.00 bits per heavy atom. The van der Waals surface area contributed by atoms with E-state index in [0.29, 0.717) is 15.6 Å². The van der Waals surface area contributed by atoms with Gasteiger partial charge in [-0.05, 0) is 42.8 Å². The minimum absolute atomic E-state index is 0.0943. The second-order valence-corrected chi connectivity index (χ2v) is 5.78. The van der Waals surface area contributed by atoms with Gasteiger partial charge < -0.3 is 5.32 Å². The molecule has 0 heterocycles. The smallest absolute Gasteiger partial charge is 0.234 e. The van der Waals surface area contributed by atoms with Crippen LogP contribution in [0.2, 0.25) is 5.02 Å². The van der Waals surface area contributed by atoms with Crippen LogP contribution in [-0.4, -0.2) is 11.7 Å². The molecule has 0 aliphatic heterocycles. The average Bonchev–Trinajstić information content (AvgIpc) is 2.45. The Labute approximate surface area is 130 Å². The number of nitrogens with one attached hydrogen (secondary N) is 1. The Morgan fingerprint density at radius 3 is 2.71 bits per heavy atom. The molecular weight excluding hydrogens is 316 g/mol. The minimum Gasteiger partial charge on any atom is -0.325 e. The van der Waals surface area contributed by atoms with Crippen LogP contribution in [0.5, 0.6) is 0 Å². The number of hydrogen-bond acceptors (Lipinski definition) is 2. The second kappa shape index (κ2) is 6.91. The summed E-state index contributed by atoms with van der Waals surface area (Å²) in [6, 6.07) is 8.77. The van der Waals surface area contributed by atoms with Crippen LogP contribution < -0.4 is 5.32 Å². The summed E-state index contributed by atoms with van der Waals surface area (Å²) in [6.45, 7) is 1.81. The molecule has 0 spiro atoms. The van der Waals surface area contributed by atoms with Crippen LogP contribution in [0.3, 0.4) is 0 Å². The molecule has 2 aromatic rings. The fourth-order valence-electron chi connectivity index (χ4n) is 1.64. The molecule has 0 saturated carbocycles. The standard InChI is InChI=1S/C15H12ClF2NOS/c1-9-11(16)3-2-4-14(9)19-15(20)8-21-10-5-6-12(17)13(18)7-10/h2-7H,8H2,1H3,(H,19,20). The van der Waals surface area contributed by atoms with E-state index in [0.717, 1.165) is 29.5 Å². The maximum atomic E-state index is 13.0. The van der Waals surface area contributed by atoms with Crippen molar-refractivity contribution >= 4 is 35.0 Å². The van der Waals surface area contributed by atoms with Crippen molar-refractivity contribution in [3.8, 4) is 0 Å². The molecule has 2 aromatic carbocycles. The van der Waals surface area contributed by atoms with Gasteiger partial charge >= 0.3 is 0 Å². The molecule has 1 amide bonds. The summed E-state index contributed by atoms with van der Waals surface area (Å²) in [5, 5.41) is 3.31. The second-order valence-electron chi connectivity index (χ2n) is 4.33. The molecule has 0 saturated heterocycles. The lowest BCUT2D eigenvalue weighted by Crippen LogP contribution is -2.14. The van der Waals surface area contributed by atoms with Crippen LogP contribution in [0.1, 0.15) is 5.56 Å². The van der Waals surface area contributed by atoms with E-state index in [1.165, 1.54) is 6.07 Å². The van der Waals surface area contributed by atoms with Crippen molar-refractivity contribution in [2.45, 2.75) is 11.8 Å². The highest BCUT2D eigenvalue weighted by atomic mass is 35.5. The first-order valence-corrected chi connectivity index (χ1v) is 7.46. The summed E-state index contributed by atoms with van der Waals surface area (Å²) < 4.78 is 25.8. The summed E-state index contributed by atoms with van der Waals surface area (Å²) in [6.07, 6.45) is 0. The Kier molecular flexibility index (Phi) is 5.20. The topological polar surface area (TPSA) is 29.1 Å². The van der Waals surface area contributed by atoms with Crippen LogP contribution in [0, 0.1) is 18.6 Å². The number of thioether (sulfide) groups is 1. The average molecular weight is 328 g/mol. The first kappa shape index (κ1) is 15.8. The number of rotatable bonds is 4. The van der Waals surface area contributed by atoms with E-state index in [2.05, 4.69) is 5.32 Å². The van der Waals surface area contributed by atoms with E-state index < -0.39 is 11.6 Å². The van der Waals surface area contributed by atoms with Crippen LogP contribution in [0.15, 0.2) is 41.3 Å². The zero-order valence-electron chi connectivity index (χ0n) is 11.1. The third-order valence-corrected chi connectivity index (χ3v) is 4.21. The van der Waals surface area contributed by atoms with Gasteiger partial charge in [0, 0.05) is 15.6 Å². The molecule has 0 aliphatic rings. The minimum atomic E-state index is -0.925.